The number of rotatable bonds is 2. The Bertz CT molecular complexity index is 792. The van der Waals surface area contributed by atoms with Gasteiger partial charge in [-0.25, -0.2) is 4.98 Å². The van der Waals surface area contributed by atoms with Crippen molar-refractivity contribution >= 4 is 22.8 Å². The van der Waals surface area contributed by atoms with E-state index in [0.717, 1.165) is 0 Å². The zero-order chi connectivity index (χ0) is 13.2. The molecule has 2 aromatic heterocycles. The van der Waals surface area contributed by atoms with E-state index in [4.69, 9.17) is 0 Å². The molecule has 0 fully saturated rings. The highest BCUT2D eigenvalue weighted by Crippen LogP contribution is 2.08. The molecule has 94 valence electrons. The van der Waals surface area contributed by atoms with E-state index in [9.17, 15) is 9.59 Å². The molecule has 1 amide bonds. The smallest absolute Gasteiger partial charge is 0.280 e. The van der Waals surface area contributed by atoms with E-state index in [0.29, 0.717) is 10.9 Å². The number of hydrogen-bond acceptors (Lipinski definition) is 5. The number of hydrogen-bond donors (Lipinski definition) is 2. The van der Waals surface area contributed by atoms with Crippen molar-refractivity contribution in [3.8, 4) is 0 Å². The topological polar surface area (TPSA) is 101 Å². The quantitative estimate of drug-likeness (QED) is 0.716. The number of aromatic nitrogens is 3. The molecule has 3 rings (SSSR count). The Morgan fingerprint density at radius 3 is 2.89 bits per heavy atom. The highest BCUT2D eigenvalue weighted by Gasteiger charge is 2.11. The van der Waals surface area contributed by atoms with Crippen LogP contribution >= 0.6 is 0 Å². The fraction of sp³-hybridized carbons (Fsp3) is 0. The highest BCUT2D eigenvalue weighted by molar-refractivity contribution is 6.01. The van der Waals surface area contributed by atoms with Gasteiger partial charge in [-0.2, -0.15) is 0 Å². The number of nitrogens with one attached hydrogen (secondary N) is 2. The normalized spacial score (nSPS) is 10.5. The molecular weight excluding hydrogens is 248 g/mol. The third kappa shape index (κ3) is 2.08. The maximum atomic E-state index is 11.8. The molecule has 0 aliphatic carbocycles. The van der Waals surface area contributed by atoms with Gasteiger partial charge in [-0.15, -0.1) is 0 Å². The first-order chi connectivity index (χ1) is 9.24. The lowest BCUT2D eigenvalue weighted by atomic mass is 10.2. The maximum absolute atomic E-state index is 11.8. The molecule has 0 saturated heterocycles. The third-order valence-corrected chi connectivity index (χ3v) is 2.52. The fourth-order valence-corrected chi connectivity index (χ4v) is 1.65. The lowest BCUT2D eigenvalue weighted by Crippen LogP contribution is -2.18. The summed E-state index contributed by atoms with van der Waals surface area (Å²) in [5, 5.41) is 6.40. The van der Waals surface area contributed by atoms with E-state index >= 15 is 0 Å². The van der Waals surface area contributed by atoms with Crippen molar-refractivity contribution in [1.82, 2.24) is 15.1 Å². The summed E-state index contributed by atoms with van der Waals surface area (Å²) in [6.07, 6.45) is 1.28. The molecule has 0 saturated carbocycles. The minimum atomic E-state index is -0.507. The summed E-state index contributed by atoms with van der Waals surface area (Å²) in [6.45, 7) is 0. The third-order valence-electron chi connectivity index (χ3n) is 2.52. The summed E-state index contributed by atoms with van der Waals surface area (Å²) >= 11 is 0. The summed E-state index contributed by atoms with van der Waals surface area (Å²) in [7, 11) is 0. The van der Waals surface area contributed by atoms with E-state index in [1.165, 1.54) is 12.3 Å². The Labute approximate surface area is 106 Å². The van der Waals surface area contributed by atoms with Crippen molar-refractivity contribution in [3.63, 3.8) is 0 Å². The van der Waals surface area contributed by atoms with Gasteiger partial charge in [-0.1, -0.05) is 17.3 Å². The maximum Gasteiger partial charge on any atom is 0.280 e. The number of fused-ring (bicyclic) bond motifs is 1. The Morgan fingerprint density at radius 1 is 1.26 bits per heavy atom. The number of anilines is 1. The van der Waals surface area contributed by atoms with Gasteiger partial charge in [0, 0.05) is 6.07 Å². The molecule has 19 heavy (non-hydrogen) atoms. The average Bonchev–Trinajstić information content (AvgIpc) is 2.93. The Balaban J connectivity index is 1.98. The van der Waals surface area contributed by atoms with Crippen LogP contribution in [0.1, 0.15) is 10.5 Å². The van der Waals surface area contributed by atoms with Gasteiger partial charge in [0.05, 0.1) is 10.9 Å². The number of amides is 1. The second kappa shape index (κ2) is 4.37. The van der Waals surface area contributed by atoms with Crippen LogP contribution in [0, 0.1) is 0 Å². The molecule has 0 unspecified atom stereocenters. The van der Waals surface area contributed by atoms with Crippen LogP contribution in [-0.4, -0.2) is 21.0 Å². The number of nitrogens with zero attached hydrogens (tertiary/aromatic N) is 2. The highest BCUT2D eigenvalue weighted by atomic mass is 16.5. The number of aromatic amines is 1. The molecule has 0 spiro atoms. The molecule has 3 aromatic rings. The fourth-order valence-electron chi connectivity index (χ4n) is 1.65. The van der Waals surface area contributed by atoms with Gasteiger partial charge in [0.1, 0.15) is 6.26 Å². The van der Waals surface area contributed by atoms with Crippen LogP contribution in [0.3, 0.4) is 0 Å². The van der Waals surface area contributed by atoms with Gasteiger partial charge in [0.2, 0.25) is 5.95 Å². The van der Waals surface area contributed by atoms with Crippen LogP contribution in [-0.2, 0) is 0 Å². The molecule has 7 heteroatoms. The Kier molecular flexibility index (Phi) is 2.57. The van der Waals surface area contributed by atoms with E-state index in [-0.39, 0.29) is 17.2 Å². The van der Waals surface area contributed by atoms with E-state index in [2.05, 4.69) is 25.0 Å². The van der Waals surface area contributed by atoms with Crippen molar-refractivity contribution in [2.75, 3.05) is 5.32 Å². The minimum absolute atomic E-state index is 0.0664. The number of H-pyrrole nitrogens is 1. The lowest BCUT2D eigenvalue weighted by molar-refractivity contribution is 0.101. The second-order valence-electron chi connectivity index (χ2n) is 3.77. The number of para-hydroxylation sites is 1. The number of benzene rings is 1. The molecular formula is C12H8N4O3. The van der Waals surface area contributed by atoms with E-state index in [1.807, 2.05) is 0 Å². The molecule has 0 bridgehead atoms. The predicted molar refractivity (Wildman–Crippen MR) is 66.8 cm³/mol. The summed E-state index contributed by atoms with van der Waals surface area (Å²) in [5.41, 5.74) is 0.290. The average molecular weight is 256 g/mol. The number of carbonyl (C=O) groups excluding carboxylic acids is 1. The molecule has 1 aromatic carbocycles. The van der Waals surface area contributed by atoms with Crippen molar-refractivity contribution in [2.24, 2.45) is 0 Å². The first kappa shape index (κ1) is 11.1. The van der Waals surface area contributed by atoms with Crippen LogP contribution in [0.25, 0.3) is 10.9 Å². The van der Waals surface area contributed by atoms with Gasteiger partial charge < -0.3 is 4.52 Å². The molecule has 2 heterocycles. The number of carbonyl (C=O) groups is 1. The molecule has 0 aliphatic rings. The van der Waals surface area contributed by atoms with E-state index < -0.39 is 5.91 Å². The van der Waals surface area contributed by atoms with Crippen molar-refractivity contribution in [2.45, 2.75) is 0 Å². The molecule has 0 aliphatic heterocycles. The lowest BCUT2D eigenvalue weighted by Gasteiger charge is -2.03. The second-order valence-corrected chi connectivity index (χ2v) is 3.77. The summed E-state index contributed by atoms with van der Waals surface area (Å²) in [5.74, 6) is -0.441. The van der Waals surface area contributed by atoms with Gasteiger partial charge >= 0.3 is 0 Å². The van der Waals surface area contributed by atoms with Crippen LogP contribution in [0.15, 0.2) is 45.9 Å². The standard InChI is InChI=1S/C12H8N4O3/c17-10-7-3-1-2-4-8(7)13-12(14-10)15-11(18)9-5-6-19-16-9/h1-6H,(H2,13,14,15,17,18). The van der Waals surface area contributed by atoms with Gasteiger partial charge in [-0.3, -0.25) is 19.9 Å². The van der Waals surface area contributed by atoms with Crippen molar-refractivity contribution < 1.29 is 9.32 Å². The predicted octanol–water partition coefficient (Wildman–Crippen LogP) is 1.16. The van der Waals surface area contributed by atoms with Crippen LogP contribution in [0.5, 0.6) is 0 Å². The van der Waals surface area contributed by atoms with Crippen LogP contribution in [0.2, 0.25) is 0 Å². The first-order valence-electron chi connectivity index (χ1n) is 5.45. The zero-order valence-corrected chi connectivity index (χ0v) is 9.58. The Hall–Kier alpha value is -2.96. The first-order valence-corrected chi connectivity index (χ1v) is 5.45. The molecule has 0 atom stereocenters. The minimum Gasteiger partial charge on any atom is -0.364 e. The monoisotopic (exact) mass is 256 g/mol. The van der Waals surface area contributed by atoms with E-state index in [1.54, 1.807) is 24.3 Å². The summed E-state index contributed by atoms with van der Waals surface area (Å²) in [6, 6.07) is 8.26. The van der Waals surface area contributed by atoms with Gasteiger partial charge in [0.15, 0.2) is 5.69 Å². The summed E-state index contributed by atoms with van der Waals surface area (Å²) in [4.78, 5) is 30.1. The SMILES string of the molecule is O=C(Nc1nc2ccccc2c(=O)[nH]1)c1ccon1. The Morgan fingerprint density at radius 2 is 2.11 bits per heavy atom. The molecule has 2 N–H and O–H groups in total. The largest absolute Gasteiger partial charge is 0.364 e. The summed E-state index contributed by atoms with van der Waals surface area (Å²) < 4.78 is 4.56. The van der Waals surface area contributed by atoms with Gasteiger partial charge in [-0.05, 0) is 12.1 Å². The van der Waals surface area contributed by atoms with Crippen molar-refractivity contribution in [3.05, 3.63) is 52.6 Å². The van der Waals surface area contributed by atoms with Gasteiger partial charge in [0.25, 0.3) is 11.5 Å². The zero-order valence-electron chi connectivity index (χ0n) is 9.58. The molecule has 7 nitrogen and oxygen atoms in total. The molecule has 0 radical (unpaired) electrons. The van der Waals surface area contributed by atoms with Crippen molar-refractivity contribution in [1.29, 1.82) is 0 Å². The van der Waals surface area contributed by atoms with Crippen LogP contribution in [0.4, 0.5) is 5.95 Å². The van der Waals surface area contributed by atoms with Crippen LogP contribution < -0.4 is 10.9 Å².